The van der Waals surface area contributed by atoms with Crippen LogP contribution in [0.2, 0.25) is 0 Å². The van der Waals surface area contributed by atoms with Gasteiger partial charge in [-0.15, -0.1) is 0 Å². The summed E-state index contributed by atoms with van der Waals surface area (Å²) >= 11 is 0. The molecule has 0 saturated carbocycles. The number of hydrogen-bond acceptors (Lipinski definition) is 1. The van der Waals surface area contributed by atoms with Crippen molar-refractivity contribution in [2.45, 2.75) is 0 Å². The average molecular weight is 206 g/mol. The Morgan fingerprint density at radius 3 is 2.25 bits per heavy atom. The predicted octanol–water partition coefficient (Wildman–Crippen LogP) is 3.30. The topological polar surface area (TPSA) is 17.1 Å². The number of benzene rings is 2. The van der Waals surface area contributed by atoms with Crippen LogP contribution in [-0.2, 0) is 0 Å². The van der Waals surface area contributed by atoms with Crippen LogP contribution in [0.3, 0.4) is 0 Å². The monoisotopic (exact) mass is 206 g/mol. The van der Waals surface area contributed by atoms with Gasteiger partial charge in [0.1, 0.15) is 0 Å². The molecule has 0 atom stereocenters. The quantitative estimate of drug-likeness (QED) is 0.551. The Morgan fingerprint density at radius 2 is 1.38 bits per heavy atom. The summed E-state index contributed by atoms with van der Waals surface area (Å²) < 4.78 is 0. The van der Waals surface area contributed by atoms with Crippen LogP contribution in [0.5, 0.6) is 0 Å². The van der Waals surface area contributed by atoms with E-state index in [1.165, 1.54) is 0 Å². The van der Waals surface area contributed by atoms with Crippen LogP contribution in [0, 0.1) is 0 Å². The second-order valence-electron chi connectivity index (χ2n) is 3.83. The van der Waals surface area contributed by atoms with Gasteiger partial charge >= 0.3 is 0 Å². The van der Waals surface area contributed by atoms with Crippen molar-refractivity contribution >= 4 is 10.8 Å². The van der Waals surface area contributed by atoms with Gasteiger partial charge < -0.3 is 0 Å². The molecule has 2 aliphatic rings. The molecule has 0 heterocycles. The van der Waals surface area contributed by atoms with Crippen molar-refractivity contribution in [2.75, 3.05) is 0 Å². The smallest absolute Gasteiger partial charge is 0.187 e. The predicted molar refractivity (Wildman–Crippen MR) is 66.8 cm³/mol. The van der Waals surface area contributed by atoms with E-state index in [1.54, 1.807) is 12.1 Å². The minimum Gasteiger partial charge on any atom is -0.289 e. The summed E-state index contributed by atoms with van der Waals surface area (Å²) in [6.07, 6.45) is 0. The molecule has 0 saturated heterocycles. The first kappa shape index (κ1) is 9.10. The Labute approximate surface area is 93.3 Å². The lowest BCUT2D eigenvalue weighted by molar-refractivity contribution is 1.58. The van der Waals surface area contributed by atoms with Crippen LogP contribution in [0.4, 0.5) is 0 Å². The molecule has 1 nitrogen and oxygen atoms in total. The highest BCUT2D eigenvalue weighted by molar-refractivity contribution is 5.96. The molecule has 1 heteroatoms. The first-order chi connectivity index (χ1) is 7.86. The van der Waals surface area contributed by atoms with Crippen molar-refractivity contribution in [3.8, 4) is 11.1 Å². The van der Waals surface area contributed by atoms with E-state index in [0.717, 1.165) is 21.9 Å². The molecular weight excluding hydrogens is 196 g/mol. The lowest BCUT2D eigenvalue weighted by Gasteiger charge is -2.01. The first-order valence-corrected chi connectivity index (χ1v) is 5.27. The summed E-state index contributed by atoms with van der Waals surface area (Å²) in [6.45, 7) is 0. The van der Waals surface area contributed by atoms with Gasteiger partial charge in [0, 0.05) is 5.56 Å². The summed E-state index contributed by atoms with van der Waals surface area (Å²) in [5.41, 5.74) is 1.89. The van der Waals surface area contributed by atoms with Gasteiger partial charge in [-0.2, -0.15) is 0 Å². The van der Waals surface area contributed by atoms with E-state index < -0.39 is 0 Å². The third kappa shape index (κ3) is 1.29. The van der Waals surface area contributed by atoms with Crippen molar-refractivity contribution < 1.29 is 0 Å². The molecule has 0 amide bonds. The van der Waals surface area contributed by atoms with E-state index in [9.17, 15) is 4.79 Å². The van der Waals surface area contributed by atoms with Crippen LogP contribution in [-0.4, -0.2) is 0 Å². The summed E-state index contributed by atoms with van der Waals surface area (Å²) in [5.74, 6) is 0. The molecular formula is C15H10O. The SMILES string of the molecule is O=c1cccc2cccc3ccccc3c1-2. The van der Waals surface area contributed by atoms with E-state index >= 15 is 0 Å². The number of fused-ring (bicyclic) bond motifs is 3. The molecule has 0 bridgehead atoms. The van der Waals surface area contributed by atoms with Crippen molar-refractivity contribution in [3.63, 3.8) is 0 Å². The summed E-state index contributed by atoms with van der Waals surface area (Å²) in [6, 6.07) is 19.4. The maximum atomic E-state index is 11.9. The van der Waals surface area contributed by atoms with E-state index in [0.29, 0.717) is 0 Å². The van der Waals surface area contributed by atoms with Crippen LogP contribution >= 0.6 is 0 Å². The molecule has 0 radical (unpaired) electrons. The van der Waals surface area contributed by atoms with E-state index in [2.05, 4.69) is 0 Å². The third-order valence-electron chi connectivity index (χ3n) is 2.84. The van der Waals surface area contributed by atoms with E-state index in [-0.39, 0.29) is 5.43 Å². The van der Waals surface area contributed by atoms with Gasteiger partial charge in [0.2, 0.25) is 0 Å². The molecule has 0 aliphatic heterocycles. The van der Waals surface area contributed by atoms with Gasteiger partial charge in [0.25, 0.3) is 0 Å². The fourth-order valence-corrected chi connectivity index (χ4v) is 2.10. The van der Waals surface area contributed by atoms with Gasteiger partial charge in [-0.1, -0.05) is 54.6 Å². The Morgan fingerprint density at radius 1 is 0.688 bits per heavy atom. The molecule has 0 unspecified atom stereocenters. The van der Waals surface area contributed by atoms with Crippen LogP contribution in [0.15, 0.2) is 65.5 Å². The van der Waals surface area contributed by atoms with Crippen LogP contribution in [0.1, 0.15) is 0 Å². The fourth-order valence-electron chi connectivity index (χ4n) is 2.10. The first-order valence-electron chi connectivity index (χ1n) is 5.27. The molecule has 0 spiro atoms. The zero-order chi connectivity index (χ0) is 11.0. The molecule has 0 fully saturated rings. The summed E-state index contributed by atoms with van der Waals surface area (Å²) in [5, 5.41) is 2.12. The Kier molecular flexibility index (Phi) is 1.97. The molecule has 1 aromatic rings. The largest absolute Gasteiger partial charge is 0.289 e. The number of hydrogen-bond donors (Lipinski definition) is 0. The highest BCUT2D eigenvalue weighted by Crippen LogP contribution is 2.25. The number of rotatable bonds is 0. The summed E-state index contributed by atoms with van der Waals surface area (Å²) in [4.78, 5) is 11.9. The highest BCUT2D eigenvalue weighted by Gasteiger charge is 2.06. The van der Waals surface area contributed by atoms with Gasteiger partial charge in [-0.05, 0) is 22.4 Å². The standard InChI is InChI=1S/C15H10O/c16-14-10-4-8-12-7-3-6-11-5-1-2-9-13(11)15(12)14/h1-10H. The van der Waals surface area contributed by atoms with Gasteiger partial charge in [-0.25, -0.2) is 0 Å². The molecule has 0 aromatic heterocycles. The lowest BCUT2D eigenvalue weighted by Crippen LogP contribution is -2.01. The zero-order valence-corrected chi connectivity index (χ0v) is 8.68. The lowest BCUT2D eigenvalue weighted by atomic mass is 10.0. The molecule has 16 heavy (non-hydrogen) atoms. The van der Waals surface area contributed by atoms with Crippen molar-refractivity contribution in [2.24, 2.45) is 0 Å². The Hall–Kier alpha value is -2.15. The van der Waals surface area contributed by atoms with E-state index in [1.807, 2.05) is 48.5 Å². The molecule has 76 valence electrons. The second kappa shape index (κ2) is 3.46. The van der Waals surface area contributed by atoms with Crippen molar-refractivity contribution in [3.05, 3.63) is 70.9 Å². The average Bonchev–Trinajstić information content (AvgIpc) is 2.49. The van der Waals surface area contributed by atoms with Gasteiger partial charge in [0.15, 0.2) is 5.43 Å². The third-order valence-corrected chi connectivity index (χ3v) is 2.84. The normalized spacial score (nSPS) is 10.8. The van der Waals surface area contributed by atoms with Crippen molar-refractivity contribution in [1.29, 1.82) is 0 Å². The second-order valence-corrected chi connectivity index (χ2v) is 3.83. The fraction of sp³-hybridized carbons (Fsp3) is 0. The maximum absolute atomic E-state index is 11.9. The highest BCUT2D eigenvalue weighted by atomic mass is 16.1. The van der Waals surface area contributed by atoms with Crippen molar-refractivity contribution in [1.82, 2.24) is 0 Å². The Bertz CT molecular complexity index is 685. The molecule has 1 aromatic carbocycles. The van der Waals surface area contributed by atoms with Gasteiger partial charge in [0.05, 0.1) is 0 Å². The Balaban J connectivity index is 2.64. The molecule has 0 N–H and O–H groups in total. The molecule has 3 rings (SSSR count). The minimum absolute atomic E-state index is 0.0879. The zero-order valence-electron chi connectivity index (χ0n) is 8.68. The van der Waals surface area contributed by atoms with E-state index in [4.69, 9.17) is 0 Å². The van der Waals surface area contributed by atoms with Crippen LogP contribution in [0.25, 0.3) is 21.9 Å². The molecule has 2 aliphatic carbocycles. The van der Waals surface area contributed by atoms with Crippen LogP contribution < -0.4 is 5.43 Å². The minimum atomic E-state index is 0.0879. The van der Waals surface area contributed by atoms with Gasteiger partial charge in [-0.3, -0.25) is 4.79 Å². The maximum Gasteiger partial charge on any atom is 0.187 e. The summed E-state index contributed by atoms with van der Waals surface area (Å²) in [7, 11) is 0.